The molecule has 0 aromatic carbocycles. The molecule has 0 rings (SSSR count). The van der Waals surface area contributed by atoms with Crippen molar-refractivity contribution in [3.63, 3.8) is 0 Å². The van der Waals surface area contributed by atoms with E-state index in [0.717, 1.165) is 0 Å². The zero-order chi connectivity index (χ0) is 13.5. The Hall–Kier alpha value is -1.77. The van der Waals surface area contributed by atoms with Crippen molar-refractivity contribution in [2.24, 2.45) is 0 Å². The van der Waals surface area contributed by atoms with Crippen LogP contribution in [0.2, 0.25) is 0 Å². The number of rotatable bonds is 5. The molecule has 0 saturated heterocycles. The van der Waals surface area contributed by atoms with E-state index in [0.29, 0.717) is 6.42 Å². The van der Waals surface area contributed by atoms with Gasteiger partial charge in [0.2, 0.25) is 0 Å². The summed E-state index contributed by atoms with van der Waals surface area (Å²) in [5.74, 6) is -1.13. The van der Waals surface area contributed by atoms with Gasteiger partial charge in [0.05, 0.1) is 6.07 Å². The van der Waals surface area contributed by atoms with Gasteiger partial charge in [0.15, 0.2) is 0 Å². The van der Waals surface area contributed by atoms with E-state index < -0.39 is 23.7 Å². The van der Waals surface area contributed by atoms with E-state index in [1.807, 2.05) is 6.07 Å². The van der Waals surface area contributed by atoms with Gasteiger partial charge in [0.25, 0.3) is 0 Å². The second kappa shape index (κ2) is 6.74. The first-order valence-electron chi connectivity index (χ1n) is 5.35. The summed E-state index contributed by atoms with van der Waals surface area (Å²) < 4.78 is 4.95. The fraction of sp³-hybridized carbons (Fsp3) is 0.727. The summed E-state index contributed by atoms with van der Waals surface area (Å²) >= 11 is 0. The number of ether oxygens (including phenoxy) is 1. The number of aliphatic carboxylic acids is 1. The van der Waals surface area contributed by atoms with Crippen LogP contribution in [-0.2, 0) is 9.53 Å². The van der Waals surface area contributed by atoms with E-state index in [2.05, 4.69) is 5.32 Å². The zero-order valence-corrected chi connectivity index (χ0v) is 10.3. The largest absolute Gasteiger partial charge is 0.480 e. The van der Waals surface area contributed by atoms with Gasteiger partial charge >= 0.3 is 12.1 Å². The molecule has 0 aliphatic rings. The number of hydrogen-bond acceptors (Lipinski definition) is 4. The number of alkyl carbamates (subject to hydrolysis) is 1. The number of amides is 1. The molecular formula is C11H18N2O4. The summed E-state index contributed by atoms with van der Waals surface area (Å²) in [6.07, 6.45) is 0.132. The molecule has 96 valence electrons. The molecule has 0 aliphatic carbocycles. The Morgan fingerprint density at radius 3 is 2.47 bits per heavy atom. The monoisotopic (exact) mass is 242 g/mol. The summed E-state index contributed by atoms with van der Waals surface area (Å²) in [7, 11) is 0. The molecule has 0 saturated carbocycles. The maximum atomic E-state index is 11.3. The summed E-state index contributed by atoms with van der Waals surface area (Å²) in [4.78, 5) is 22.2. The molecule has 0 aromatic rings. The van der Waals surface area contributed by atoms with Gasteiger partial charge in [0, 0.05) is 6.42 Å². The van der Waals surface area contributed by atoms with Crippen LogP contribution in [0.1, 0.15) is 40.0 Å². The molecule has 1 amide bonds. The second-order valence-corrected chi connectivity index (χ2v) is 4.59. The highest BCUT2D eigenvalue weighted by Crippen LogP contribution is 2.08. The first-order valence-corrected chi connectivity index (χ1v) is 5.35. The van der Waals surface area contributed by atoms with Crippen LogP contribution in [0.15, 0.2) is 0 Å². The second-order valence-electron chi connectivity index (χ2n) is 4.59. The number of nitrogens with one attached hydrogen (secondary N) is 1. The molecule has 0 unspecified atom stereocenters. The van der Waals surface area contributed by atoms with Crippen LogP contribution in [-0.4, -0.2) is 28.8 Å². The molecule has 0 spiro atoms. The lowest BCUT2D eigenvalue weighted by Gasteiger charge is -2.21. The summed E-state index contributed by atoms with van der Waals surface area (Å²) in [6, 6.07) is 0.901. The smallest absolute Gasteiger partial charge is 0.408 e. The van der Waals surface area contributed by atoms with E-state index in [1.54, 1.807) is 20.8 Å². The SMILES string of the molecule is CC(C)(C)OC(=O)N[C@@H](CCCC#N)C(=O)O. The lowest BCUT2D eigenvalue weighted by molar-refractivity contribution is -0.139. The molecule has 0 fully saturated rings. The number of nitrogens with zero attached hydrogens (tertiary/aromatic N) is 1. The Labute approximate surface area is 101 Å². The maximum Gasteiger partial charge on any atom is 0.408 e. The lowest BCUT2D eigenvalue weighted by atomic mass is 10.1. The van der Waals surface area contributed by atoms with Crippen molar-refractivity contribution in [1.29, 1.82) is 5.26 Å². The molecule has 1 atom stereocenters. The maximum absolute atomic E-state index is 11.3. The van der Waals surface area contributed by atoms with Crippen molar-refractivity contribution >= 4 is 12.1 Å². The Morgan fingerprint density at radius 1 is 1.47 bits per heavy atom. The van der Waals surface area contributed by atoms with Crippen LogP contribution in [0.4, 0.5) is 4.79 Å². The fourth-order valence-electron chi connectivity index (χ4n) is 1.09. The van der Waals surface area contributed by atoms with Crippen molar-refractivity contribution in [1.82, 2.24) is 5.32 Å². The van der Waals surface area contributed by atoms with Gasteiger partial charge in [-0.2, -0.15) is 5.26 Å². The first kappa shape index (κ1) is 15.2. The Balaban J connectivity index is 4.22. The Kier molecular flexibility index (Phi) is 6.03. The van der Waals surface area contributed by atoms with Crippen molar-refractivity contribution in [3.05, 3.63) is 0 Å². The highest BCUT2D eigenvalue weighted by molar-refractivity contribution is 5.79. The van der Waals surface area contributed by atoms with Gasteiger partial charge in [-0.25, -0.2) is 9.59 Å². The zero-order valence-electron chi connectivity index (χ0n) is 10.3. The number of carboxylic acids is 1. The Bertz CT molecular complexity index is 314. The van der Waals surface area contributed by atoms with E-state index in [-0.39, 0.29) is 12.8 Å². The van der Waals surface area contributed by atoms with E-state index >= 15 is 0 Å². The molecule has 0 radical (unpaired) electrons. The summed E-state index contributed by atoms with van der Waals surface area (Å²) in [6.45, 7) is 5.08. The minimum atomic E-state index is -1.13. The number of nitriles is 1. The van der Waals surface area contributed by atoms with Crippen LogP contribution >= 0.6 is 0 Å². The van der Waals surface area contributed by atoms with Crippen LogP contribution in [0.5, 0.6) is 0 Å². The molecule has 0 aliphatic heterocycles. The van der Waals surface area contributed by atoms with Gasteiger partial charge in [-0.15, -0.1) is 0 Å². The molecule has 0 heterocycles. The molecule has 6 heteroatoms. The molecule has 6 nitrogen and oxygen atoms in total. The van der Waals surface area contributed by atoms with Crippen molar-refractivity contribution in [3.8, 4) is 6.07 Å². The number of unbranched alkanes of at least 4 members (excludes halogenated alkanes) is 1. The molecule has 0 aromatic heterocycles. The van der Waals surface area contributed by atoms with Gasteiger partial charge in [-0.1, -0.05) is 0 Å². The van der Waals surface area contributed by atoms with Gasteiger partial charge in [-0.05, 0) is 33.6 Å². The number of hydrogen-bond donors (Lipinski definition) is 2. The first-order chi connectivity index (χ1) is 7.76. The van der Waals surface area contributed by atoms with Gasteiger partial charge < -0.3 is 15.2 Å². The van der Waals surface area contributed by atoms with E-state index in [9.17, 15) is 9.59 Å². The normalized spacial score (nSPS) is 12.4. The predicted molar refractivity (Wildman–Crippen MR) is 60.3 cm³/mol. The molecular weight excluding hydrogens is 224 g/mol. The molecule has 0 bridgehead atoms. The Morgan fingerprint density at radius 2 is 2.06 bits per heavy atom. The van der Waals surface area contributed by atoms with E-state index in [4.69, 9.17) is 15.1 Å². The molecule has 17 heavy (non-hydrogen) atoms. The highest BCUT2D eigenvalue weighted by Gasteiger charge is 2.23. The van der Waals surface area contributed by atoms with Crippen molar-refractivity contribution < 1.29 is 19.4 Å². The average Bonchev–Trinajstić information content (AvgIpc) is 2.13. The highest BCUT2D eigenvalue weighted by atomic mass is 16.6. The van der Waals surface area contributed by atoms with Crippen LogP contribution in [0, 0.1) is 11.3 Å². The molecule has 2 N–H and O–H groups in total. The quantitative estimate of drug-likeness (QED) is 0.714. The third kappa shape index (κ3) is 8.08. The standard InChI is InChI=1S/C11H18N2O4/c1-11(2,3)17-10(16)13-8(9(14)15)6-4-5-7-12/h8H,4-6H2,1-3H3,(H,13,16)(H,14,15)/t8-/m0/s1. The average molecular weight is 242 g/mol. The summed E-state index contributed by atoms with van der Waals surface area (Å²) in [5, 5.41) is 19.5. The lowest BCUT2D eigenvalue weighted by Crippen LogP contribution is -2.43. The number of carbonyl (C=O) groups excluding carboxylic acids is 1. The minimum Gasteiger partial charge on any atom is -0.480 e. The number of carboxylic acid groups (broad SMARTS) is 1. The third-order valence-corrected chi connectivity index (χ3v) is 1.77. The van der Waals surface area contributed by atoms with Crippen molar-refractivity contribution in [2.45, 2.75) is 51.7 Å². The fourth-order valence-corrected chi connectivity index (χ4v) is 1.09. The minimum absolute atomic E-state index is 0.210. The predicted octanol–water partition coefficient (Wildman–Crippen LogP) is 1.66. The van der Waals surface area contributed by atoms with Crippen molar-refractivity contribution in [2.75, 3.05) is 0 Å². The van der Waals surface area contributed by atoms with Crippen LogP contribution < -0.4 is 5.32 Å². The topological polar surface area (TPSA) is 99.4 Å². The van der Waals surface area contributed by atoms with Gasteiger partial charge in [-0.3, -0.25) is 0 Å². The van der Waals surface area contributed by atoms with Crippen LogP contribution in [0.25, 0.3) is 0 Å². The number of carbonyl (C=O) groups is 2. The summed E-state index contributed by atoms with van der Waals surface area (Å²) in [5.41, 5.74) is -0.667. The van der Waals surface area contributed by atoms with Gasteiger partial charge in [0.1, 0.15) is 11.6 Å². The third-order valence-electron chi connectivity index (χ3n) is 1.77. The van der Waals surface area contributed by atoms with E-state index in [1.165, 1.54) is 0 Å². The van der Waals surface area contributed by atoms with Crippen LogP contribution in [0.3, 0.4) is 0 Å².